The molecule has 0 aromatic carbocycles. The van der Waals surface area contributed by atoms with Gasteiger partial charge in [-0.15, -0.1) is 0 Å². The molecule has 4 unspecified atom stereocenters. The van der Waals surface area contributed by atoms with Gasteiger partial charge in [-0.3, -0.25) is 20.7 Å². The first-order valence-corrected chi connectivity index (χ1v) is 9.74. The second kappa shape index (κ2) is 8.59. The van der Waals surface area contributed by atoms with Crippen molar-refractivity contribution in [3.05, 3.63) is 0 Å². The van der Waals surface area contributed by atoms with Crippen LogP contribution in [0.1, 0.15) is 51.9 Å². The number of hydrogen-bond acceptors (Lipinski definition) is 4. The van der Waals surface area contributed by atoms with Crippen LogP contribution < -0.4 is 21.3 Å². The third-order valence-electron chi connectivity index (χ3n) is 5.82. The van der Waals surface area contributed by atoms with Crippen molar-refractivity contribution in [3.63, 3.8) is 0 Å². The van der Waals surface area contributed by atoms with E-state index in [-0.39, 0.29) is 18.2 Å². The molecule has 0 radical (unpaired) electrons. The first-order valence-electron chi connectivity index (χ1n) is 9.74. The standard InChI is InChI=1S/C18H33FN4O/c1-12-9-21-17(22-10-12)18(24)23-16-6-5-14(11-20-16)7-13-3-2-4-15(19)8-13/h12-17,20-22H,2-11H2,1H3,(H,23,24). The summed E-state index contributed by atoms with van der Waals surface area (Å²) in [6.07, 6.45) is 6.19. The van der Waals surface area contributed by atoms with Crippen LogP contribution in [0.25, 0.3) is 0 Å². The van der Waals surface area contributed by atoms with E-state index in [0.29, 0.717) is 17.8 Å². The Morgan fingerprint density at radius 3 is 2.50 bits per heavy atom. The summed E-state index contributed by atoms with van der Waals surface area (Å²) in [4.78, 5) is 12.3. The Morgan fingerprint density at radius 2 is 1.83 bits per heavy atom. The van der Waals surface area contributed by atoms with Crippen molar-refractivity contribution in [1.82, 2.24) is 21.3 Å². The SMILES string of the molecule is CC1CNC(C(=O)NC2CCC(CC3CCCC(F)C3)CN2)NC1. The summed E-state index contributed by atoms with van der Waals surface area (Å²) in [5.74, 6) is 1.78. The lowest BCUT2D eigenvalue weighted by Crippen LogP contribution is -2.62. The number of rotatable bonds is 4. The zero-order valence-corrected chi connectivity index (χ0v) is 14.8. The Bertz CT molecular complexity index is 406. The fraction of sp³-hybridized carbons (Fsp3) is 0.944. The molecule has 0 aromatic heterocycles. The quantitative estimate of drug-likeness (QED) is 0.626. The maximum atomic E-state index is 13.5. The van der Waals surface area contributed by atoms with E-state index >= 15 is 0 Å². The lowest BCUT2D eigenvalue weighted by Gasteiger charge is -2.35. The number of nitrogens with one attached hydrogen (secondary N) is 4. The Morgan fingerprint density at radius 1 is 1.04 bits per heavy atom. The van der Waals surface area contributed by atoms with Crippen molar-refractivity contribution in [3.8, 4) is 0 Å². The van der Waals surface area contributed by atoms with Crippen LogP contribution in [-0.2, 0) is 4.79 Å². The van der Waals surface area contributed by atoms with Gasteiger partial charge in [0.25, 0.3) is 5.91 Å². The van der Waals surface area contributed by atoms with E-state index in [4.69, 9.17) is 0 Å². The predicted octanol–water partition coefficient (Wildman–Crippen LogP) is 1.50. The van der Waals surface area contributed by atoms with Gasteiger partial charge in [0.05, 0.1) is 6.17 Å². The highest BCUT2D eigenvalue weighted by Gasteiger charge is 2.29. The van der Waals surface area contributed by atoms with E-state index in [2.05, 4.69) is 28.2 Å². The number of carbonyl (C=O) groups is 1. The van der Waals surface area contributed by atoms with Crippen molar-refractivity contribution >= 4 is 5.91 Å². The summed E-state index contributed by atoms with van der Waals surface area (Å²) in [7, 11) is 0. The van der Waals surface area contributed by atoms with Crippen molar-refractivity contribution in [2.45, 2.75) is 70.4 Å². The molecular formula is C18H33FN4O. The molecule has 138 valence electrons. The van der Waals surface area contributed by atoms with Crippen LogP contribution >= 0.6 is 0 Å². The Hall–Kier alpha value is -0.720. The fourth-order valence-electron chi connectivity index (χ4n) is 4.37. The first kappa shape index (κ1) is 18.1. The minimum atomic E-state index is -0.578. The van der Waals surface area contributed by atoms with Crippen LogP contribution in [-0.4, -0.2) is 44.0 Å². The van der Waals surface area contributed by atoms with E-state index in [0.717, 1.165) is 58.2 Å². The molecule has 3 aliphatic rings. The summed E-state index contributed by atoms with van der Waals surface area (Å²) in [6.45, 7) is 4.85. The average Bonchev–Trinajstić information content (AvgIpc) is 2.57. The molecule has 3 rings (SSSR count). The van der Waals surface area contributed by atoms with Crippen LogP contribution in [0.3, 0.4) is 0 Å². The molecule has 4 atom stereocenters. The maximum absolute atomic E-state index is 13.5. The Balaban J connectivity index is 1.35. The van der Waals surface area contributed by atoms with Gasteiger partial charge >= 0.3 is 0 Å². The lowest BCUT2D eigenvalue weighted by atomic mass is 9.80. The molecule has 1 amide bonds. The van der Waals surface area contributed by atoms with Crippen LogP contribution in [0, 0.1) is 17.8 Å². The van der Waals surface area contributed by atoms with Gasteiger partial charge in [-0.05, 0) is 56.4 Å². The predicted molar refractivity (Wildman–Crippen MR) is 93.1 cm³/mol. The number of amides is 1. The molecule has 2 aliphatic heterocycles. The van der Waals surface area contributed by atoms with Crippen LogP contribution in [0.15, 0.2) is 0 Å². The van der Waals surface area contributed by atoms with Gasteiger partial charge in [0.2, 0.25) is 0 Å². The molecule has 0 aromatic rings. The largest absolute Gasteiger partial charge is 0.338 e. The third kappa shape index (κ3) is 5.14. The molecule has 2 saturated heterocycles. The zero-order valence-electron chi connectivity index (χ0n) is 14.8. The Labute approximate surface area is 144 Å². The summed E-state index contributed by atoms with van der Waals surface area (Å²) >= 11 is 0. The highest BCUT2D eigenvalue weighted by atomic mass is 19.1. The molecule has 0 bridgehead atoms. The number of piperidine rings is 1. The van der Waals surface area contributed by atoms with E-state index in [9.17, 15) is 9.18 Å². The van der Waals surface area contributed by atoms with Crippen molar-refractivity contribution in [2.24, 2.45) is 17.8 Å². The molecule has 6 heteroatoms. The third-order valence-corrected chi connectivity index (χ3v) is 5.82. The van der Waals surface area contributed by atoms with Gasteiger partial charge in [-0.2, -0.15) is 0 Å². The van der Waals surface area contributed by atoms with Crippen molar-refractivity contribution < 1.29 is 9.18 Å². The second-order valence-corrected chi connectivity index (χ2v) is 8.13. The maximum Gasteiger partial charge on any atom is 0.253 e. The van der Waals surface area contributed by atoms with Gasteiger partial charge < -0.3 is 5.32 Å². The van der Waals surface area contributed by atoms with Gasteiger partial charge in [0.1, 0.15) is 12.3 Å². The lowest BCUT2D eigenvalue weighted by molar-refractivity contribution is -0.125. The number of halogens is 1. The second-order valence-electron chi connectivity index (χ2n) is 8.13. The molecule has 0 spiro atoms. The minimum absolute atomic E-state index is 0.0328. The number of carbonyl (C=O) groups excluding carboxylic acids is 1. The smallest absolute Gasteiger partial charge is 0.253 e. The molecule has 2 heterocycles. The molecule has 5 nitrogen and oxygen atoms in total. The average molecular weight is 340 g/mol. The van der Waals surface area contributed by atoms with E-state index < -0.39 is 6.17 Å². The molecule has 1 aliphatic carbocycles. The summed E-state index contributed by atoms with van der Waals surface area (Å²) in [5, 5.41) is 13.0. The van der Waals surface area contributed by atoms with Gasteiger partial charge in [0, 0.05) is 13.1 Å². The summed E-state index contributed by atoms with van der Waals surface area (Å²) < 4.78 is 13.5. The van der Waals surface area contributed by atoms with Crippen LogP contribution in [0.5, 0.6) is 0 Å². The van der Waals surface area contributed by atoms with Crippen LogP contribution in [0.2, 0.25) is 0 Å². The molecular weight excluding hydrogens is 307 g/mol. The van der Waals surface area contributed by atoms with E-state index in [1.165, 1.54) is 6.42 Å². The highest BCUT2D eigenvalue weighted by molar-refractivity contribution is 5.81. The monoisotopic (exact) mass is 340 g/mol. The normalized spacial score (nSPS) is 40.9. The number of alkyl halides is 1. The van der Waals surface area contributed by atoms with Gasteiger partial charge in [-0.1, -0.05) is 19.8 Å². The summed E-state index contributed by atoms with van der Waals surface area (Å²) in [6, 6.07) is 0. The Kier molecular flexibility index (Phi) is 6.47. The molecule has 3 fully saturated rings. The fourth-order valence-corrected chi connectivity index (χ4v) is 4.37. The molecule has 1 saturated carbocycles. The number of hydrogen-bond donors (Lipinski definition) is 4. The van der Waals surface area contributed by atoms with E-state index in [1.807, 2.05) is 0 Å². The zero-order chi connectivity index (χ0) is 16.9. The first-order chi connectivity index (χ1) is 11.6. The highest BCUT2D eigenvalue weighted by Crippen LogP contribution is 2.32. The summed E-state index contributed by atoms with van der Waals surface area (Å²) in [5.41, 5.74) is 0. The minimum Gasteiger partial charge on any atom is -0.338 e. The van der Waals surface area contributed by atoms with E-state index in [1.54, 1.807) is 0 Å². The topological polar surface area (TPSA) is 65.2 Å². The van der Waals surface area contributed by atoms with Crippen molar-refractivity contribution in [1.29, 1.82) is 0 Å². The van der Waals surface area contributed by atoms with Crippen molar-refractivity contribution in [2.75, 3.05) is 19.6 Å². The molecule has 4 N–H and O–H groups in total. The van der Waals surface area contributed by atoms with Crippen LogP contribution in [0.4, 0.5) is 4.39 Å². The van der Waals surface area contributed by atoms with Gasteiger partial charge in [0.15, 0.2) is 0 Å². The van der Waals surface area contributed by atoms with Gasteiger partial charge in [-0.25, -0.2) is 4.39 Å². The molecule has 24 heavy (non-hydrogen) atoms.